The quantitative estimate of drug-likeness (QED) is 0.464. The highest BCUT2D eigenvalue weighted by atomic mass is 16.5. The largest absolute Gasteiger partial charge is 0.481 e. The van der Waals surface area contributed by atoms with Crippen molar-refractivity contribution >= 4 is 18.0 Å². The predicted molar refractivity (Wildman–Crippen MR) is 133 cm³/mol. The van der Waals surface area contributed by atoms with Gasteiger partial charge in [-0.1, -0.05) is 68.8 Å². The van der Waals surface area contributed by atoms with Crippen LogP contribution in [0.15, 0.2) is 48.5 Å². The van der Waals surface area contributed by atoms with Crippen LogP contribution < -0.4 is 10.6 Å². The number of carboxylic acid groups (broad SMARTS) is 1. The van der Waals surface area contributed by atoms with E-state index in [-0.39, 0.29) is 43.2 Å². The summed E-state index contributed by atoms with van der Waals surface area (Å²) in [5, 5.41) is 14.9. The maximum atomic E-state index is 13.0. The fourth-order valence-electron chi connectivity index (χ4n) is 5.09. The zero-order valence-corrected chi connectivity index (χ0v) is 20.3. The molecule has 0 spiro atoms. The van der Waals surface area contributed by atoms with Gasteiger partial charge in [0.2, 0.25) is 5.91 Å². The maximum absolute atomic E-state index is 13.0. The highest BCUT2D eigenvalue weighted by Gasteiger charge is 2.35. The number of carbonyl (C=O) groups excluding carboxylic acids is 2. The number of alkyl carbamates (subject to hydrolysis) is 1. The third kappa shape index (κ3) is 5.66. The molecule has 2 amide bonds. The standard InChI is InChI=1S/C28H34N2O5/c1-17(2)25(14-26(31)32)30-27(33)23(18-8-7-9-18)15-29-28(34)35-16-24-21-12-5-3-10-19(21)20-11-4-6-13-22(20)24/h3-6,10-13,17-18,23-25H,7-9,14-16H2,1-2H3,(H,29,34)(H,30,33)(H,31,32). The Labute approximate surface area is 206 Å². The molecule has 0 heterocycles. The van der Waals surface area contributed by atoms with Crippen LogP contribution >= 0.6 is 0 Å². The Bertz CT molecular complexity index is 1030. The van der Waals surface area contributed by atoms with Crippen LogP contribution in [0.25, 0.3) is 11.1 Å². The van der Waals surface area contributed by atoms with E-state index in [2.05, 4.69) is 34.9 Å². The van der Waals surface area contributed by atoms with Crippen molar-refractivity contribution in [3.63, 3.8) is 0 Å². The summed E-state index contributed by atoms with van der Waals surface area (Å²) in [5.41, 5.74) is 4.62. The van der Waals surface area contributed by atoms with Crippen LogP contribution in [0.2, 0.25) is 0 Å². The van der Waals surface area contributed by atoms with Crippen molar-refractivity contribution in [2.45, 2.75) is 51.5 Å². The van der Waals surface area contributed by atoms with E-state index in [1.54, 1.807) is 0 Å². The van der Waals surface area contributed by atoms with E-state index >= 15 is 0 Å². The first kappa shape index (κ1) is 24.8. The molecule has 2 atom stereocenters. The molecule has 0 aliphatic heterocycles. The maximum Gasteiger partial charge on any atom is 0.407 e. The van der Waals surface area contributed by atoms with E-state index in [4.69, 9.17) is 4.74 Å². The monoisotopic (exact) mass is 478 g/mol. The minimum absolute atomic E-state index is 0.00724. The smallest absolute Gasteiger partial charge is 0.407 e. The molecular formula is C28H34N2O5. The van der Waals surface area contributed by atoms with Gasteiger partial charge in [-0.05, 0) is 46.9 Å². The summed E-state index contributed by atoms with van der Waals surface area (Å²) in [4.78, 5) is 36.8. The molecule has 35 heavy (non-hydrogen) atoms. The molecule has 2 aromatic rings. The van der Waals surface area contributed by atoms with Crippen LogP contribution in [0, 0.1) is 17.8 Å². The molecule has 1 saturated carbocycles. The lowest BCUT2D eigenvalue weighted by Crippen LogP contribution is -2.49. The van der Waals surface area contributed by atoms with Gasteiger partial charge < -0.3 is 20.5 Å². The van der Waals surface area contributed by atoms with E-state index in [0.29, 0.717) is 0 Å². The van der Waals surface area contributed by atoms with Crippen molar-refractivity contribution in [1.82, 2.24) is 10.6 Å². The van der Waals surface area contributed by atoms with Crippen molar-refractivity contribution in [2.24, 2.45) is 17.8 Å². The molecule has 0 bridgehead atoms. The summed E-state index contributed by atoms with van der Waals surface area (Å²) < 4.78 is 5.61. The second kappa shape index (κ2) is 10.9. The highest BCUT2D eigenvalue weighted by molar-refractivity contribution is 5.81. The van der Waals surface area contributed by atoms with Crippen LogP contribution in [-0.4, -0.2) is 42.3 Å². The van der Waals surface area contributed by atoms with Crippen molar-refractivity contribution in [1.29, 1.82) is 0 Å². The number of nitrogens with one attached hydrogen (secondary N) is 2. The van der Waals surface area contributed by atoms with Crippen LogP contribution in [0.4, 0.5) is 4.79 Å². The number of ether oxygens (including phenoxy) is 1. The van der Waals surface area contributed by atoms with Gasteiger partial charge in [0.15, 0.2) is 0 Å². The predicted octanol–water partition coefficient (Wildman–Crippen LogP) is 4.56. The first-order chi connectivity index (χ1) is 16.8. The Morgan fingerprint density at radius 2 is 1.60 bits per heavy atom. The molecule has 2 aliphatic carbocycles. The van der Waals surface area contributed by atoms with Crippen molar-refractivity contribution in [2.75, 3.05) is 13.2 Å². The molecule has 0 radical (unpaired) electrons. The van der Waals surface area contributed by atoms with Crippen LogP contribution in [0.5, 0.6) is 0 Å². The summed E-state index contributed by atoms with van der Waals surface area (Å²) >= 11 is 0. The van der Waals surface area contributed by atoms with E-state index in [0.717, 1.165) is 30.4 Å². The SMILES string of the molecule is CC(C)C(CC(=O)O)NC(=O)C(CNC(=O)OCC1c2ccccc2-c2ccccc21)C1CCC1. The Balaban J connectivity index is 1.35. The van der Waals surface area contributed by atoms with Crippen molar-refractivity contribution < 1.29 is 24.2 Å². The third-order valence-corrected chi connectivity index (χ3v) is 7.39. The van der Waals surface area contributed by atoms with Gasteiger partial charge in [-0.15, -0.1) is 0 Å². The lowest BCUT2D eigenvalue weighted by Gasteiger charge is -2.34. The summed E-state index contributed by atoms with van der Waals surface area (Å²) in [6.45, 7) is 4.17. The second-order valence-corrected chi connectivity index (χ2v) is 9.96. The van der Waals surface area contributed by atoms with Gasteiger partial charge in [-0.2, -0.15) is 0 Å². The molecule has 4 rings (SSSR count). The van der Waals surface area contributed by atoms with Gasteiger partial charge in [0, 0.05) is 18.5 Å². The lowest BCUT2D eigenvalue weighted by atomic mass is 9.75. The summed E-state index contributed by atoms with van der Waals surface area (Å²) in [6.07, 6.45) is 2.24. The van der Waals surface area contributed by atoms with Crippen molar-refractivity contribution in [3.8, 4) is 11.1 Å². The summed E-state index contributed by atoms with van der Waals surface area (Å²) in [7, 11) is 0. The number of hydrogen-bond acceptors (Lipinski definition) is 4. The van der Waals surface area contributed by atoms with Crippen LogP contribution in [-0.2, 0) is 14.3 Å². The molecule has 2 unspecified atom stereocenters. The average Bonchev–Trinajstić information content (AvgIpc) is 3.12. The van der Waals surface area contributed by atoms with Crippen LogP contribution in [0.1, 0.15) is 56.6 Å². The first-order valence-corrected chi connectivity index (χ1v) is 12.5. The minimum atomic E-state index is -0.944. The fourth-order valence-corrected chi connectivity index (χ4v) is 5.09. The van der Waals surface area contributed by atoms with Gasteiger partial charge >= 0.3 is 12.1 Å². The summed E-state index contributed by atoms with van der Waals surface area (Å²) in [5.74, 6) is -1.40. The van der Waals surface area contributed by atoms with Gasteiger partial charge in [-0.25, -0.2) is 4.79 Å². The molecule has 2 aliphatic rings. The molecule has 1 fully saturated rings. The fraction of sp³-hybridized carbons (Fsp3) is 0.464. The van der Waals surface area contributed by atoms with E-state index < -0.39 is 24.0 Å². The Kier molecular flexibility index (Phi) is 7.73. The third-order valence-electron chi connectivity index (χ3n) is 7.39. The van der Waals surface area contributed by atoms with E-state index in [9.17, 15) is 19.5 Å². The minimum Gasteiger partial charge on any atom is -0.481 e. The molecule has 7 nitrogen and oxygen atoms in total. The first-order valence-electron chi connectivity index (χ1n) is 12.5. The normalized spacial score (nSPS) is 16.5. The Morgan fingerprint density at radius 1 is 1.00 bits per heavy atom. The molecule has 0 saturated heterocycles. The van der Waals surface area contributed by atoms with E-state index in [1.807, 2.05) is 38.1 Å². The topological polar surface area (TPSA) is 105 Å². The molecule has 7 heteroatoms. The van der Waals surface area contributed by atoms with Gasteiger partial charge in [0.1, 0.15) is 6.61 Å². The number of aliphatic carboxylic acids is 1. The van der Waals surface area contributed by atoms with E-state index in [1.165, 1.54) is 11.1 Å². The van der Waals surface area contributed by atoms with Gasteiger partial charge in [0.25, 0.3) is 0 Å². The number of hydrogen-bond donors (Lipinski definition) is 3. The Hall–Kier alpha value is -3.35. The molecule has 186 valence electrons. The number of fused-ring (bicyclic) bond motifs is 3. The molecular weight excluding hydrogens is 444 g/mol. The number of benzene rings is 2. The number of rotatable bonds is 10. The molecule has 2 aromatic carbocycles. The lowest BCUT2D eigenvalue weighted by molar-refractivity contribution is -0.138. The zero-order valence-electron chi connectivity index (χ0n) is 20.3. The Morgan fingerprint density at radius 3 is 2.11 bits per heavy atom. The van der Waals surface area contributed by atoms with Crippen molar-refractivity contribution in [3.05, 3.63) is 59.7 Å². The van der Waals surface area contributed by atoms with Gasteiger partial charge in [-0.3, -0.25) is 9.59 Å². The number of amides is 2. The van der Waals surface area contributed by atoms with Gasteiger partial charge in [0.05, 0.1) is 12.3 Å². The molecule has 0 aromatic heterocycles. The summed E-state index contributed by atoms with van der Waals surface area (Å²) in [6, 6.07) is 15.9. The second-order valence-electron chi connectivity index (χ2n) is 9.96. The highest BCUT2D eigenvalue weighted by Crippen LogP contribution is 2.44. The number of carboxylic acids is 1. The zero-order chi connectivity index (χ0) is 24.9. The average molecular weight is 479 g/mol. The van der Waals surface area contributed by atoms with Crippen LogP contribution in [0.3, 0.4) is 0 Å². The molecule has 3 N–H and O–H groups in total. The number of carbonyl (C=O) groups is 3.